The number of hydrogen-bond donors (Lipinski definition) is 3. The van der Waals surface area contributed by atoms with Crippen LogP contribution in [0.5, 0.6) is 11.5 Å². The summed E-state index contributed by atoms with van der Waals surface area (Å²) in [6.45, 7) is 14.3. The summed E-state index contributed by atoms with van der Waals surface area (Å²) in [5.74, 6) is -0.643. The van der Waals surface area contributed by atoms with Crippen LogP contribution in [0.1, 0.15) is 67.1 Å². The third-order valence-corrected chi connectivity index (χ3v) is 14.3. The van der Waals surface area contributed by atoms with Crippen molar-refractivity contribution in [3.05, 3.63) is 117 Å². The second-order valence-corrected chi connectivity index (χ2v) is 19.9. The van der Waals surface area contributed by atoms with Crippen molar-refractivity contribution in [2.75, 3.05) is 75.8 Å². The van der Waals surface area contributed by atoms with E-state index in [1.54, 1.807) is 37.4 Å². The molecule has 0 bridgehead atoms. The summed E-state index contributed by atoms with van der Waals surface area (Å²) in [4.78, 5) is 39.1. The fraction of sp³-hybridized carbons (Fsp3) is 0.417. The lowest BCUT2D eigenvalue weighted by atomic mass is 9.72. The molecule has 4 heterocycles. The van der Waals surface area contributed by atoms with Crippen LogP contribution in [0.4, 0.5) is 30.2 Å². The van der Waals surface area contributed by atoms with Gasteiger partial charge in [0.2, 0.25) is 0 Å². The zero-order chi connectivity index (χ0) is 47.7. The molecule has 2 aliphatic heterocycles. The summed E-state index contributed by atoms with van der Waals surface area (Å²) >= 11 is 0. The first-order valence-corrected chi connectivity index (χ1v) is 23.9. The zero-order valence-corrected chi connectivity index (χ0v) is 38.7. The number of carbonyl (C=O) groups is 1. The highest BCUT2D eigenvalue weighted by Gasteiger charge is 2.34. The van der Waals surface area contributed by atoms with E-state index in [1.807, 2.05) is 13.0 Å². The minimum Gasteiger partial charge on any atom is -0.455 e. The Balaban J connectivity index is 1.00. The number of fused-ring (bicyclic) bond motifs is 1. The van der Waals surface area contributed by atoms with Crippen LogP contribution in [-0.4, -0.2) is 111 Å². The molecule has 5 aromatic rings. The second kappa shape index (κ2) is 19.3. The van der Waals surface area contributed by atoms with Crippen LogP contribution in [-0.2, 0) is 20.9 Å². The number of pyridine rings is 1. The van der Waals surface area contributed by atoms with E-state index in [-0.39, 0.29) is 28.5 Å². The molecule has 67 heavy (non-hydrogen) atoms. The number of benzene rings is 3. The fourth-order valence-corrected chi connectivity index (χ4v) is 10.2. The van der Waals surface area contributed by atoms with E-state index in [4.69, 9.17) is 9.47 Å². The van der Waals surface area contributed by atoms with Gasteiger partial charge in [0.15, 0.2) is 0 Å². The number of likely N-dealkylation sites (N-methyl/N-ethyl adjacent to an activating group) is 1. The van der Waals surface area contributed by atoms with Crippen LogP contribution in [0.3, 0.4) is 0 Å². The monoisotopic (exact) mass is 944 g/mol. The number of nitrogens with one attached hydrogen (secondary N) is 3. The lowest BCUT2D eigenvalue weighted by Gasteiger charge is -2.39. The Morgan fingerprint density at radius 1 is 1.04 bits per heavy atom. The van der Waals surface area contributed by atoms with E-state index in [0.717, 1.165) is 60.6 Å². The number of nitro benzene ring substituents is 1. The van der Waals surface area contributed by atoms with Gasteiger partial charge in [-0.05, 0) is 103 Å². The topological polar surface area (TPSA) is 175 Å². The molecule has 0 saturated carbocycles. The number of carbonyl (C=O) groups excluding carboxylic acids is 1. The van der Waals surface area contributed by atoms with Gasteiger partial charge in [0.05, 0.1) is 46.4 Å². The predicted molar refractivity (Wildman–Crippen MR) is 250 cm³/mol. The van der Waals surface area contributed by atoms with Gasteiger partial charge in [-0.1, -0.05) is 32.4 Å². The molecule has 3 N–H and O–H groups in total. The Bertz CT molecular complexity index is 2810. The minimum atomic E-state index is -4.62. The molecular formula is C48H55F3N8O7S. The summed E-state index contributed by atoms with van der Waals surface area (Å²) in [7, 11) is -4.62. The van der Waals surface area contributed by atoms with E-state index in [0.29, 0.717) is 69.4 Å². The van der Waals surface area contributed by atoms with Gasteiger partial charge in [-0.15, -0.1) is 0 Å². The number of piperazine rings is 1. The highest BCUT2D eigenvalue weighted by Crippen LogP contribution is 2.45. The van der Waals surface area contributed by atoms with Crippen molar-refractivity contribution in [3.8, 4) is 11.5 Å². The number of halogens is 3. The van der Waals surface area contributed by atoms with Crippen molar-refractivity contribution >= 4 is 49.6 Å². The molecule has 19 heteroatoms. The van der Waals surface area contributed by atoms with Crippen molar-refractivity contribution in [1.82, 2.24) is 24.5 Å². The maximum atomic E-state index is 14.0. The van der Waals surface area contributed by atoms with Crippen LogP contribution in [0, 0.1) is 22.5 Å². The molecule has 1 atom stereocenters. The number of anilines is 2. The van der Waals surface area contributed by atoms with E-state index in [9.17, 15) is 36.5 Å². The highest BCUT2D eigenvalue weighted by atomic mass is 32.2. The van der Waals surface area contributed by atoms with Gasteiger partial charge in [0.25, 0.3) is 21.6 Å². The lowest BCUT2D eigenvalue weighted by molar-refractivity contribution is -0.384. The SMILES string of the molecule is CCN1CCOCC1CNc1ccc(S(=O)(=O)NC(=O)c2ccc(N3CCN(CC4=C(c5ccc(C(F)(F)F)cc5C)CC(C)(C)CC4)CC3)cc2Oc2cnc3[nH]ccc3c2)cc1[N+](=O)[O-]. The number of ether oxygens (including phenoxy) is 2. The summed E-state index contributed by atoms with van der Waals surface area (Å²) in [5.41, 5.74) is 4.10. The number of alkyl halides is 3. The molecule has 2 saturated heterocycles. The number of nitro groups is 1. The van der Waals surface area contributed by atoms with Crippen molar-refractivity contribution < 1.29 is 40.8 Å². The molecule has 0 radical (unpaired) electrons. The minimum absolute atomic E-state index is 0.00901. The number of rotatable bonds is 14. The molecule has 8 rings (SSSR count). The zero-order valence-electron chi connectivity index (χ0n) is 37.9. The Morgan fingerprint density at radius 2 is 1.84 bits per heavy atom. The maximum Gasteiger partial charge on any atom is 0.416 e. The van der Waals surface area contributed by atoms with Crippen LogP contribution in [0.15, 0.2) is 89.6 Å². The number of morpholine rings is 1. The van der Waals surface area contributed by atoms with E-state index >= 15 is 0 Å². The van der Waals surface area contributed by atoms with Gasteiger partial charge >= 0.3 is 6.18 Å². The Labute approximate surface area is 387 Å². The first-order valence-electron chi connectivity index (χ1n) is 22.4. The number of nitrogens with zero attached hydrogens (tertiary/aromatic N) is 5. The fourth-order valence-electron chi connectivity index (χ4n) is 9.22. The Kier molecular flexibility index (Phi) is 13.7. The summed E-state index contributed by atoms with van der Waals surface area (Å²) in [6, 6.07) is 15.9. The van der Waals surface area contributed by atoms with Gasteiger partial charge in [-0.3, -0.25) is 24.7 Å². The summed E-state index contributed by atoms with van der Waals surface area (Å²) in [5, 5.41) is 16.0. The smallest absolute Gasteiger partial charge is 0.416 e. The number of sulfonamides is 1. The number of aromatic amines is 1. The van der Waals surface area contributed by atoms with Gasteiger partial charge in [0.1, 0.15) is 22.8 Å². The van der Waals surface area contributed by atoms with Crippen LogP contribution in [0.25, 0.3) is 16.6 Å². The number of H-pyrrole nitrogens is 1. The first kappa shape index (κ1) is 47.5. The lowest BCUT2D eigenvalue weighted by Crippen LogP contribution is -2.48. The van der Waals surface area contributed by atoms with Crippen LogP contribution < -0.4 is 19.7 Å². The summed E-state index contributed by atoms with van der Waals surface area (Å²) < 4.78 is 82.2. The van der Waals surface area contributed by atoms with Gasteiger partial charge in [0, 0.05) is 75.2 Å². The molecule has 1 unspecified atom stereocenters. The quantitative estimate of drug-likeness (QED) is 0.0715. The normalized spacial score (nSPS) is 18.6. The average Bonchev–Trinajstić information content (AvgIpc) is 3.77. The molecule has 15 nitrogen and oxygen atoms in total. The van der Waals surface area contributed by atoms with E-state index < -0.39 is 43.2 Å². The molecule has 2 fully saturated rings. The molecule has 356 valence electrons. The highest BCUT2D eigenvalue weighted by molar-refractivity contribution is 7.90. The maximum absolute atomic E-state index is 14.0. The number of allylic oxidation sites excluding steroid dienone is 1. The molecule has 2 aromatic heterocycles. The van der Waals surface area contributed by atoms with Crippen LogP contribution in [0.2, 0.25) is 0 Å². The number of aromatic nitrogens is 2. The number of aryl methyl sites for hydroxylation is 1. The molecular weight excluding hydrogens is 890 g/mol. The van der Waals surface area contributed by atoms with Crippen LogP contribution >= 0.6 is 0 Å². The molecule has 0 spiro atoms. The standard InChI is InChI=1S/C48H55F3N8O7S/c1-5-57-20-21-65-30-36(57)27-53-42-11-8-38(25-43(42)59(61)62)67(63,64)55-46(60)40-10-7-35(24-44(40)66-37-23-32-13-15-52-45(32)54-28-37)58-18-16-56(17-19-58)29-33-12-14-47(3,4)26-41(33)39-9-6-34(22-31(39)2)48(49,50)51/h6-11,13,15,22-25,28,36,53H,5,12,14,16-21,26-27,29-30H2,1-4H3,(H,52,54)(H,55,60). The summed E-state index contributed by atoms with van der Waals surface area (Å²) in [6.07, 6.45) is 1.39. The largest absolute Gasteiger partial charge is 0.455 e. The molecule has 1 amide bonds. The Morgan fingerprint density at radius 3 is 2.57 bits per heavy atom. The van der Waals surface area contributed by atoms with Crippen molar-refractivity contribution in [3.63, 3.8) is 0 Å². The molecule has 1 aliphatic carbocycles. The molecule has 3 aliphatic rings. The van der Waals surface area contributed by atoms with Gasteiger partial charge in [-0.25, -0.2) is 18.1 Å². The average molecular weight is 945 g/mol. The third kappa shape index (κ3) is 10.9. The first-order chi connectivity index (χ1) is 31.9. The predicted octanol–water partition coefficient (Wildman–Crippen LogP) is 8.63. The second-order valence-electron chi connectivity index (χ2n) is 18.2. The van der Waals surface area contributed by atoms with Gasteiger partial charge < -0.3 is 24.7 Å². The van der Waals surface area contributed by atoms with Crippen molar-refractivity contribution in [2.45, 2.75) is 64.1 Å². The van der Waals surface area contributed by atoms with E-state index in [1.165, 1.54) is 42.1 Å². The van der Waals surface area contributed by atoms with Crippen molar-refractivity contribution in [1.29, 1.82) is 0 Å². The van der Waals surface area contributed by atoms with Gasteiger partial charge in [-0.2, -0.15) is 13.2 Å². The third-order valence-electron chi connectivity index (χ3n) is 13.0. The van der Waals surface area contributed by atoms with Crippen molar-refractivity contribution in [2.24, 2.45) is 5.41 Å². The molecule has 3 aromatic carbocycles. The number of amides is 1. The Hall–Kier alpha value is -6.02. The number of hydrogen-bond acceptors (Lipinski definition) is 12. The van der Waals surface area contributed by atoms with E-state index in [2.05, 4.69) is 48.6 Å².